The predicted molar refractivity (Wildman–Crippen MR) is 149 cm³/mol. The van der Waals surface area contributed by atoms with Crippen LogP contribution in [0.2, 0.25) is 0 Å². The third kappa shape index (κ3) is 6.48. The van der Waals surface area contributed by atoms with E-state index in [1.54, 1.807) is 12.1 Å². The maximum Gasteiger partial charge on any atom is 0.418 e. The van der Waals surface area contributed by atoms with Crippen LogP contribution in [-0.4, -0.2) is 60.5 Å². The minimum absolute atomic E-state index is 0.200. The van der Waals surface area contributed by atoms with Crippen LogP contribution in [0, 0.1) is 0 Å². The second-order valence-corrected chi connectivity index (χ2v) is 10.7. The van der Waals surface area contributed by atoms with E-state index in [1.165, 1.54) is 30.5 Å². The highest BCUT2D eigenvalue weighted by atomic mass is 19.4. The van der Waals surface area contributed by atoms with Gasteiger partial charge in [0, 0.05) is 67.6 Å². The van der Waals surface area contributed by atoms with Gasteiger partial charge in [-0.1, -0.05) is 6.07 Å². The van der Waals surface area contributed by atoms with Gasteiger partial charge in [0.05, 0.1) is 30.0 Å². The smallest absolute Gasteiger partial charge is 0.363 e. The Labute approximate surface area is 243 Å². The predicted octanol–water partition coefficient (Wildman–Crippen LogP) is 6.63. The molecular formula is C30H29F6N5O2. The van der Waals surface area contributed by atoms with E-state index < -0.39 is 35.4 Å². The Hall–Kier alpha value is -3.68. The summed E-state index contributed by atoms with van der Waals surface area (Å²) in [7, 11) is 0. The summed E-state index contributed by atoms with van der Waals surface area (Å²) < 4.78 is 92.1. The molecule has 13 heteroatoms. The SMILES string of the molecule is FC(F)(F)c1ccc(NC2=NC(CCN3CCC4(CC3)OCCO4)Nc3cc(-c4ncccc4C(F)(F)F)ccc32)cc1. The molecule has 0 bridgehead atoms. The van der Waals surface area contributed by atoms with E-state index in [2.05, 4.69) is 20.5 Å². The second kappa shape index (κ2) is 11.4. The largest absolute Gasteiger partial charge is 0.418 e. The number of benzene rings is 2. The van der Waals surface area contributed by atoms with E-state index in [9.17, 15) is 26.3 Å². The highest BCUT2D eigenvalue weighted by Crippen LogP contribution is 2.38. The van der Waals surface area contributed by atoms with E-state index in [0.29, 0.717) is 49.0 Å². The maximum absolute atomic E-state index is 13.7. The number of piperidine rings is 1. The molecule has 43 heavy (non-hydrogen) atoms. The first kappa shape index (κ1) is 29.4. The molecule has 0 saturated carbocycles. The van der Waals surface area contributed by atoms with E-state index in [0.717, 1.165) is 44.1 Å². The third-order valence-corrected chi connectivity index (χ3v) is 7.89. The topological polar surface area (TPSA) is 71.0 Å². The van der Waals surface area contributed by atoms with Crippen molar-refractivity contribution in [1.29, 1.82) is 0 Å². The van der Waals surface area contributed by atoms with E-state index in [4.69, 9.17) is 14.5 Å². The normalized spacial score (nSPS) is 20.4. The van der Waals surface area contributed by atoms with Crippen molar-refractivity contribution in [3.8, 4) is 11.3 Å². The maximum atomic E-state index is 13.7. The van der Waals surface area contributed by atoms with Crippen LogP contribution in [0.4, 0.5) is 37.7 Å². The van der Waals surface area contributed by atoms with Crippen LogP contribution in [0.15, 0.2) is 65.8 Å². The molecule has 6 rings (SSSR count). The zero-order valence-corrected chi connectivity index (χ0v) is 22.9. The lowest BCUT2D eigenvalue weighted by Crippen LogP contribution is -2.46. The minimum atomic E-state index is -4.59. The van der Waals surface area contributed by atoms with Crippen molar-refractivity contribution in [2.75, 3.05) is 43.5 Å². The molecule has 7 nitrogen and oxygen atoms in total. The molecule has 1 aromatic heterocycles. The van der Waals surface area contributed by atoms with E-state index in [1.807, 2.05) is 0 Å². The van der Waals surface area contributed by atoms with Crippen molar-refractivity contribution in [2.45, 2.75) is 43.6 Å². The fourth-order valence-corrected chi connectivity index (χ4v) is 5.64. The first-order valence-corrected chi connectivity index (χ1v) is 14.0. The Morgan fingerprint density at radius 1 is 0.930 bits per heavy atom. The first-order valence-electron chi connectivity index (χ1n) is 14.0. The number of likely N-dealkylation sites (tertiary alicyclic amines) is 1. The summed E-state index contributed by atoms with van der Waals surface area (Å²) in [5.41, 5.74) is -0.0562. The van der Waals surface area contributed by atoms with Gasteiger partial charge in [0.25, 0.3) is 0 Å². The molecule has 3 aliphatic heterocycles. The Morgan fingerprint density at radius 3 is 2.33 bits per heavy atom. The quantitative estimate of drug-likeness (QED) is 0.319. The summed E-state index contributed by atoms with van der Waals surface area (Å²) in [5.74, 6) is -0.0977. The van der Waals surface area contributed by atoms with Crippen molar-refractivity contribution >= 4 is 17.2 Å². The number of aromatic nitrogens is 1. The minimum Gasteiger partial charge on any atom is -0.363 e. The molecule has 1 atom stereocenters. The summed E-state index contributed by atoms with van der Waals surface area (Å²) in [4.78, 5) is 11.1. The number of alkyl halides is 6. The number of amidine groups is 1. The van der Waals surface area contributed by atoms with Gasteiger partial charge in [-0.2, -0.15) is 26.3 Å². The Kier molecular flexibility index (Phi) is 7.82. The standard InChI is InChI=1S/C30H29F6N5O2/c31-29(32,33)20-4-6-21(7-5-20)38-27-22-8-3-19(26-23(30(34,35)36)2-1-12-37-26)18-24(22)39-25(40-27)9-13-41-14-10-28(11-15-41)42-16-17-43-28/h1-8,12,18,25,39H,9-11,13-17H2,(H,38,40). The van der Waals surface area contributed by atoms with Gasteiger partial charge in [0.15, 0.2) is 5.79 Å². The zero-order valence-electron chi connectivity index (χ0n) is 22.9. The van der Waals surface area contributed by atoms with Gasteiger partial charge in [-0.3, -0.25) is 4.98 Å². The van der Waals surface area contributed by atoms with Gasteiger partial charge in [-0.15, -0.1) is 0 Å². The average molecular weight is 606 g/mol. The number of hydrogen-bond donors (Lipinski definition) is 2. The number of nitrogens with zero attached hydrogens (tertiary/aromatic N) is 3. The molecule has 0 amide bonds. The lowest BCUT2D eigenvalue weighted by Gasteiger charge is -2.38. The highest BCUT2D eigenvalue weighted by Gasteiger charge is 2.40. The highest BCUT2D eigenvalue weighted by molar-refractivity contribution is 6.13. The second-order valence-electron chi connectivity index (χ2n) is 10.7. The molecule has 2 saturated heterocycles. The van der Waals surface area contributed by atoms with Crippen LogP contribution in [0.3, 0.4) is 0 Å². The lowest BCUT2D eigenvalue weighted by molar-refractivity contribution is -0.185. The molecule has 2 aromatic carbocycles. The van der Waals surface area contributed by atoms with E-state index >= 15 is 0 Å². The molecule has 2 N–H and O–H groups in total. The molecule has 4 heterocycles. The van der Waals surface area contributed by atoms with E-state index in [-0.39, 0.29) is 11.3 Å². The first-order chi connectivity index (χ1) is 20.5. The van der Waals surface area contributed by atoms with Crippen LogP contribution < -0.4 is 10.6 Å². The van der Waals surface area contributed by atoms with Crippen LogP contribution >= 0.6 is 0 Å². The summed E-state index contributed by atoms with van der Waals surface area (Å²) in [5, 5.41) is 6.45. The molecule has 0 radical (unpaired) electrons. The zero-order chi connectivity index (χ0) is 30.2. The van der Waals surface area contributed by atoms with Crippen molar-refractivity contribution in [3.63, 3.8) is 0 Å². The molecule has 1 unspecified atom stereocenters. The van der Waals surface area contributed by atoms with Crippen LogP contribution in [0.25, 0.3) is 11.3 Å². The number of halogens is 6. The molecule has 1 spiro atoms. The molecule has 228 valence electrons. The van der Waals surface area contributed by atoms with Crippen molar-refractivity contribution < 1.29 is 35.8 Å². The molecule has 0 aliphatic carbocycles. The van der Waals surface area contributed by atoms with Crippen LogP contribution in [0.1, 0.15) is 36.0 Å². The number of pyridine rings is 1. The number of hydrogen-bond acceptors (Lipinski definition) is 7. The molecular weight excluding hydrogens is 576 g/mol. The van der Waals surface area contributed by atoms with Crippen LogP contribution in [-0.2, 0) is 21.8 Å². The van der Waals surface area contributed by atoms with Crippen molar-refractivity contribution in [2.24, 2.45) is 4.99 Å². The number of fused-ring (bicyclic) bond motifs is 1. The summed E-state index contributed by atoms with van der Waals surface area (Å²) in [6, 6.07) is 11.6. The number of rotatable bonds is 5. The summed E-state index contributed by atoms with van der Waals surface area (Å²) in [6.07, 6.45) is -6.10. The number of ether oxygens (including phenoxy) is 2. The van der Waals surface area contributed by atoms with Crippen molar-refractivity contribution in [3.05, 3.63) is 77.5 Å². The average Bonchev–Trinajstić information content (AvgIpc) is 3.44. The van der Waals surface area contributed by atoms with Gasteiger partial charge in [-0.05, 0) is 48.5 Å². The Balaban J connectivity index is 1.25. The van der Waals surface area contributed by atoms with Gasteiger partial charge >= 0.3 is 12.4 Å². The van der Waals surface area contributed by atoms with Crippen LogP contribution in [0.5, 0.6) is 0 Å². The Bertz CT molecular complexity index is 1480. The molecule has 2 fully saturated rings. The monoisotopic (exact) mass is 605 g/mol. The number of aliphatic imine (C=N–C) groups is 1. The fourth-order valence-electron chi connectivity index (χ4n) is 5.64. The molecule has 3 aliphatic rings. The fraction of sp³-hybridized carbons (Fsp3) is 0.400. The van der Waals surface area contributed by atoms with Crippen molar-refractivity contribution in [1.82, 2.24) is 9.88 Å². The number of anilines is 2. The summed E-state index contributed by atoms with van der Waals surface area (Å²) in [6.45, 7) is 3.46. The Morgan fingerprint density at radius 2 is 1.65 bits per heavy atom. The number of nitrogens with one attached hydrogen (secondary N) is 2. The summed E-state index contributed by atoms with van der Waals surface area (Å²) >= 11 is 0. The third-order valence-electron chi connectivity index (χ3n) is 7.89. The van der Waals surface area contributed by atoms with Gasteiger partial charge in [-0.25, -0.2) is 4.99 Å². The van der Waals surface area contributed by atoms with Gasteiger partial charge in [0.2, 0.25) is 0 Å². The van der Waals surface area contributed by atoms with Gasteiger partial charge < -0.3 is 25.0 Å². The molecule has 3 aromatic rings. The van der Waals surface area contributed by atoms with Gasteiger partial charge in [0.1, 0.15) is 12.0 Å². The lowest BCUT2D eigenvalue weighted by atomic mass is 10.00.